The number of aliphatic imine (C=N–C) groups is 1. The van der Waals surface area contributed by atoms with E-state index in [0.29, 0.717) is 12.0 Å². The van der Waals surface area contributed by atoms with Gasteiger partial charge in [-0.05, 0) is 5.92 Å². The Hall–Kier alpha value is -1.04. The first-order valence-corrected chi connectivity index (χ1v) is 6.92. The lowest BCUT2D eigenvalue weighted by Crippen LogP contribution is -2.31. The SMILES string of the molecule is CC(C)C1CSC(=NCCc2nncn2C)N1. The summed E-state index contributed by atoms with van der Waals surface area (Å²) in [5.41, 5.74) is 0. The molecule has 0 radical (unpaired) electrons. The van der Waals surface area contributed by atoms with Crippen LogP contribution in [0.25, 0.3) is 0 Å². The molecule has 94 valence electrons. The quantitative estimate of drug-likeness (QED) is 0.872. The van der Waals surface area contributed by atoms with Gasteiger partial charge in [0, 0.05) is 31.8 Å². The van der Waals surface area contributed by atoms with Crippen molar-refractivity contribution in [3.63, 3.8) is 0 Å². The molecule has 0 spiro atoms. The van der Waals surface area contributed by atoms with Crippen LogP contribution in [0.15, 0.2) is 11.3 Å². The molecule has 0 bridgehead atoms. The maximum Gasteiger partial charge on any atom is 0.156 e. The summed E-state index contributed by atoms with van der Waals surface area (Å²) in [6.45, 7) is 5.24. The Balaban J connectivity index is 1.80. The minimum Gasteiger partial charge on any atom is -0.361 e. The average molecular weight is 253 g/mol. The van der Waals surface area contributed by atoms with Crippen LogP contribution in [0.1, 0.15) is 19.7 Å². The Labute approximate surface area is 106 Å². The van der Waals surface area contributed by atoms with Gasteiger partial charge in [0.2, 0.25) is 0 Å². The third kappa shape index (κ3) is 3.21. The second kappa shape index (κ2) is 5.53. The van der Waals surface area contributed by atoms with Crippen LogP contribution < -0.4 is 5.32 Å². The van der Waals surface area contributed by atoms with E-state index in [1.165, 1.54) is 0 Å². The van der Waals surface area contributed by atoms with E-state index in [0.717, 1.165) is 29.7 Å². The summed E-state index contributed by atoms with van der Waals surface area (Å²) >= 11 is 1.82. The maximum atomic E-state index is 4.56. The second-order valence-corrected chi connectivity index (χ2v) is 5.61. The van der Waals surface area contributed by atoms with E-state index in [-0.39, 0.29) is 0 Å². The molecule has 0 amide bonds. The molecule has 5 nitrogen and oxygen atoms in total. The van der Waals surface area contributed by atoms with E-state index in [1.54, 1.807) is 6.33 Å². The summed E-state index contributed by atoms with van der Waals surface area (Å²) in [5.74, 6) is 2.77. The fourth-order valence-corrected chi connectivity index (χ4v) is 2.87. The molecule has 1 saturated heterocycles. The highest BCUT2D eigenvalue weighted by Crippen LogP contribution is 2.18. The fraction of sp³-hybridized carbons (Fsp3) is 0.727. The summed E-state index contributed by atoms with van der Waals surface area (Å²) in [4.78, 5) is 4.56. The molecule has 1 N–H and O–H groups in total. The first-order valence-electron chi connectivity index (χ1n) is 5.93. The largest absolute Gasteiger partial charge is 0.361 e. The number of thioether (sulfide) groups is 1. The van der Waals surface area contributed by atoms with E-state index in [9.17, 15) is 0 Å². The molecule has 2 rings (SSSR count). The lowest BCUT2D eigenvalue weighted by Gasteiger charge is -2.12. The van der Waals surface area contributed by atoms with Crippen molar-refractivity contribution in [2.24, 2.45) is 18.0 Å². The van der Waals surface area contributed by atoms with Crippen LogP contribution in [0.2, 0.25) is 0 Å². The Bertz CT molecular complexity index is 398. The zero-order chi connectivity index (χ0) is 12.3. The van der Waals surface area contributed by atoms with Crippen LogP contribution in [0, 0.1) is 5.92 Å². The Morgan fingerprint density at radius 1 is 1.65 bits per heavy atom. The summed E-state index contributed by atoms with van der Waals surface area (Å²) in [7, 11) is 1.96. The molecule has 1 aromatic heterocycles. The third-order valence-corrected chi connectivity index (χ3v) is 3.96. The zero-order valence-electron chi connectivity index (χ0n) is 10.6. The van der Waals surface area contributed by atoms with Crippen molar-refractivity contribution < 1.29 is 0 Å². The molecule has 2 heterocycles. The van der Waals surface area contributed by atoms with Crippen molar-refractivity contribution in [3.8, 4) is 0 Å². The van der Waals surface area contributed by atoms with Crippen molar-refractivity contribution >= 4 is 16.9 Å². The summed E-state index contributed by atoms with van der Waals surface area (Å²) < 4.78 is 1.94. The van der Waals surface area contributed by atoms with Crippen LogP contribution in [0.3, 0.4) is 0 Å². The molecular formula is C11H19N5S. The number of amidine groups is 1. The van der Waals surface area contributed by atoms with E-state index >= 15 is 0 Å². The lowest BCUT2D eigenvalue weighted by molar-refractivity contribution is 0.503. The first-order chi connectivity index (χ1) is 8.16. The minimum absolute atomic E-state index is 0.563. The Kier molecular flexibility index (Phi) is 4.04. The van der Waals surface area contributed by atoms with E-state index in [2.05, 4.69) is 34.4 Å². The van der Waals surface area contributed by atoms with Gasteiger partial charge in [0.05, 0.1) is 0 Å². The van der Waals surface area contributed by atoms with Crippen molar-refractivity contribution in [2.75, 3.05) is 12.3 Å². The molecule has 1 atom stereocenters. The van der Waals surface area contributed by atoms with Crippen molar-refractivity contribution in [2.45, 2.75) is 26.3 Å². The molecule has 17 heavy (non-hydrogen) atoms. The number of rotatable bonds is 4. The summed E-state index contributed by atoms with van der Waals surface area (Å²) in [6, 6.07) is 0.563. The lowest BCUT2D eigenvalue weighted by atomic mass is 10.1. The van der Waals surface area contributed by atoms with Gasteiger partial charge in [0.15, 0.2) is 5.17 Å². The Morgan fingerprint density at radius 3 is 3.06 bits per heavy atom. The first kappa shape index (κ1) is 12.4. The van der Waals surface area contributed by atoms with Crippen molar-refractivity contribution in [1.29, 1.82) is 0 Å². The van der Waals surface area contributed by atoms with Crippen LogP contribution >= 0.6 is 11.8 Å². The zero-order valence-corrected chi connectivity index (χ0v) is 11.4. The van der Waals surface area contributed by atoms with Gasteiger partial charge < -0.3 is 9.88 Å². The molecule has 0 aromatic carbocycles. The molecule has 0 saturated carbocycles. The Morgan fingerprint density at radius 2 is 2.47 bits per heavy atom. The molecule has 1 aliphatic heterocycles. The van der Waals surface area contributed by atoms with Gasteiger partial charge in [0.1, 0.15) is 12.2 Å². The molecule has 0 aliphatic carbocycles. The second-order valence-electron chi connectivity index (χ2n) is 4.60. The number of nitrogens with zero attached hydrogens (tertiary/aromatic N) is 4. The van der Waals surface area contributed by atoms with Crippen LogP contribution in [0.5, 0.6) is 0 Å². The smallest absolute Gasteiger partial charge is 0.156 e. The van der Waals surface area contributed by atoms with Crippen LogP contribution in [0.4, 0.5) is 0 Å². The monoisotopic (exact) mass is 253 g/mol. The molecule has 1 fully saturated rings. The van der Waals surface area contributed by atoms with E-state index < -0.39 is 0 Å². The summed E-state index contributed by atoms with van der Waals surface area (Å²) in [5, 5.41) is 12.4. The van der Waals surface area contributed by atoms with E-state index in [4.69, 9.17) is 0 Å². The van der Waals surface area contributed by atoms with Crippen LogP contribution in [-0.4, -0.2) is 38.3 Å². The van der Waals surface area contributed by atoms with Crippen molar-refractivity contribution in [3.05, 3.63) is 12.2 Å². The maximum absolute atomic E-state index is 4.56. The number of aromatic nitrogens is 3. The fourth-order valence-electron chi connectivity index (χ4n) is 1.65. The molecule has 1 unspecified atom stereocenters. The van der Waals surface area contributed by atoms with Gasteiger partial charge in [-0.1, -0.05) is 25.6 Å². The highest BCUT2D eigenvalue weighted by Gasteiger charge is 2.22. The predicted molar refractivity (Wildman–Crippen MR) is 71.2 cm³/mol. The normalized spacial score (nSPS) is 22.4. The number of hydrogen-bond donors (Lipinski definition) is 1. The number of nitrogens with one attached hydrogen (secondary N) is 1. The van der Waals surface area contributed by atoms with E-state index in [1.807, 2.05) is 23.4 Å². The van der Waals surface area contributed by atoms with Gasteiger partial charge >= 0.3 is 0 Å². The van der Waals surface area contributed by atoms with Gasteiger partial charge in [-0.3, -0.25) is 4.99 Å². The topological polar surface area (TPSA) is 55.1 Å². The molecule has 1 aromatic rings. The number of aryl methyl sites for hydroxylation is 1. The van der Waals surface area contributed by atoms with Crippen molar-refractivity contribution in [1.82, 2.24) is 20.1 Å². The standard InChI is InChI=1S/C11H19N5S/c1-8(2)9-6-17-11(14-9)12-5-4-10-15-13-7-16(10)3/h7-9H,4-6H2,1-3H3,(H,12,14). The highest BCUT2D eigenvalue weighted by atomic mass is 32.2. The highest BCUT2D eigenvalue weighted by molar-refractivity contribution is 8.14. The molecular weight excluding hydrogens is 234 g/mol. The third-order valence-electron chi connectivity index (χ3n) is 2.91. The van der Waals surface area contributed by atoms with Gasteiger partial charge in [-0.25, -0.2) is 0 Å². The summed E-state index contributed by atoms with van der Waals surface area (Å²) in [6.07, 6.45) is 2.56. The van der Waals surface area contributed by atoms with Crippen LogP contribution in [-0.2, 0) is 13.5 Å². The molecule has 1 aliphatic rings. The average Bonchev–Trinajstić information content (AvgIpc) is 2.89. The minimum atomic E-state index is 0.563. The van der Waals surface area contributed by atoms with Gasteiger partial charge in [-0.2, -0.15) is 0 Å². The predicted octanol–water partition coefficient (Wildman–Crippen LogP) is 1.07. The van der Waals surface area contributed by atoms with Gasteiger partial charge in [0.25, 0.3) is 0 Å². The number of hydrogen-bond acceptors (Lipinski definition) is 4. The van der Waals surface area contributed by atoms with Gasteiger partial charge in [-0.15, -0.1) is 10.2 Å². The molecule has 6 heteroatoms.